The highest BCUT2D eigenvalue weighted by molar-refractivity contribution is 5.95. The summed E-state index contributed by atoms with van der Waals surface area (Å²) < 4.78 is 26.6. The molecule has 0 heterocycles. The van der Waals surface area contributed by atoms with E-state index in [-0.39, 0.29) is 17.8 Å². The van der Waals surface area contributed by atoms with E-state index in [0.29, 0.717) is 17.2 Å². The largest absolute Gasteiger partial charge is 0.396 e. The van der Waals surface area contributed by atoms with Crippen LogP contribution in [0.1, 0.15) is 21.5 Å². The van der Waals surface area contributed by atoms with E-state index in [0.717, 1.165) is 6.07 Å². The fourth-order valence-corrected chi connectivity index (χ4v) is 1.77. The molecule has 6 heteroatoms. The van der Waals surface area contributed by atoms with Crippen LogP contribution in [0.15, 0.2) is 36.4 Å². The number of nitrogens with one attached hydrogen (secondary N) is 1. The van der Waals surface area contributed by atoms with Gasteiger partial charge in [-0.15, -0.1) is 0 Å². The van der Waals surface area contributed by atoms with Crippen LogP contribution in [-0.4, -0.2) is 5.91 Å². The topological polar surface area (TPSA) is 78.9 Å². The third-order valence-corrected chi connectivity index (χ3v) is 2.84. The van der Waals surface area contributed by atoms with Crippen molar-refractivity contribution >= 4 is 11.6 Å². The molecular weight excluding hydrogens is 276 g/mol. The number of anilines is 1. The summed E-state index contributed by atoms with van der Waals surface area (Å²) >= 11 is 0. The zero-order chi connectivity index (χ0) is 15.4. The van der Waals surface area contributed by atoms with Gasteiger partial charge >= 0.3 is 0 Å². The second-order valence-electron chi connectivity index (χ2n) is 4.35. The minimum atomic E-state index is -0.982. The van der Waals surface area contributed by atoms with E-state index in [4.69, 9.17) is 11.0 Å². The molecule has 1 amide bonds. The molecule has 0 aromatic heterocycles. The molecule has 0 saturated heterocycles. The first-order valence-corrected chi connectivity index (χ1v) is 6.03. The first-order valence-electron chi connectivity index (χ1n) is 6.03. The summed E-state index contributed by atoms with van der Waals surface area (Å²) in [4.78, 5) is 11.9. The van der Waals surface area contributed by atoms with Gasteiger partial charge in [0.15, 0.2) is 0 Å². The zero-order valence-electron chi connectivity index (χ0n) is 10.9. The Balaban J connectivity index is 2.12. The molecule has 0 bridgehead atoms. The van der Waals surface area contributed by atoms with Crippen molar-refractivity contribution in [3.63, 3.8) is 0 Å². The van der Waals surface area contributed by atoms with E-state index < -0.39 is 17.5 Å². The number of halogens is 2. The van der Waals surface area contributed by atoms with E-state index in [1.54, 1.807) is 24.3 Å². The van der Waals surface area contributed by atoms with E-state index >= 15 is 0 Å². The van der Waals surface area contributed by atoms with Crippen LogP contribution < -0.4 is 11.1 Å². The molecule has 0 fully saturated rings. The van der Waals surface area contributed by atoms with Crippen molar-refractivity contribution in [2.45, 2.75) is 6.54 Å². The van der Waals surface area contributed by atoms with Crippen LogP contribution in [0.2, 0.25) is 0 Å². The molecule has 0 atom stereocenters. The molecule has 2 rings (SSSR count). The summed E-state index contributed by atoms with van der Waals surface area (Å²) in [7, 11) is 0. The number of nitrogen functional groups attached to an aromatic ring is 1. The second kappa shape index (κ2) is 6.01. The Hall–Kier alpha value is -2.94. The normalized spacial score (nSPS) is 9.95. The van der Waals surface area contributed by atoms with Gasteiger partial charge in [-0.05, 0) is 23.8 Å². The van der Waals surface area contributed by atoms with Gasteiger partial charge in [0, 0.05) is 12.6 Å². The van der Waals surface area contributed by atoms with Crippen LogP contribution in [-0.2, 0) is 6.54 Å². The SMILES string of the molecule is N#Cc1cccc(CNC(=O)c2cc(N)c(F)cc2F)c1. The Kier molecular flexibility index (Phi) is 4.14. The number of rotatable bonds is 3. The molecule has 3 N–H and O–H groups in total. The van der Waals surface area contributed by atoms with E-state index in [9.17, 15) is 13.6 Å². The summed E-state index contributed by atoms with van der Waals surface area (Å²) in [6, 6.07) is 10.1. The van der Waals surface area contributed by atoms with E-state index in [1.807, 2.05) is 6.07 Å². The third-order valence-electron chi connectivity index (χ3n) is 2.84. The van der Waals surface area contributed by atoms with Crippen LogP contribution in [0.25, 0.3) is 0 Å². The average molecular weight is 287 g/mol. The van der Waals surface area contributed by atoms with Gasteiger partial charge < -0.3 is 11.1 Å². The summed E-state index contributed by atoms with van der Waals surface area (Å²) in [5.41, 5.74) is 5.84. The predicted molar refractivity (Wildman–Crippen MR) is 73.1 cm³/mol. The molecule has 0 unspecified atom stereocenters. The molecule has 106 valence electrons. The molecule has 2 aromatic carbocycles. The van der Waals surface area contributed by atoms with Gasteiger partial charge in [0.25, 0.3) is 5.91 Å². The Bertz CT molecular complexity index is 738. The van der Waals surface area contributed by atoms with Gasteiger partial charge in [-0.25, -0.2) is 8.78 Å². The van der Waals surface area contributed by atoms with Gasteiger partial charge in [0.1, 0.15) is 11.6 Å². The molecule has 0 aliphatic heterocycles. The lowest BCUT2D eigenvalue weighted by atomic mass is 10.1. The number of carbonyl (C=O) groups excluding carboxylic acids is 1. The fraction of sp³-hybridized carbons (Fsp3) is 0.0667. The lowest BCUT2D eigenvalue weighted by Crippen LogP contribution is -2.24. The Morgan fingerprint density at radius 3 is 2.71 bits per heavy atom. The highest BCUT2D eigenvalue weighted by Crippen LogP contribution is 2.16. The maximum absolute atomic E-state index is 13.5. The van der Waals surface area contributed by atoms with E-state index in [1.165, 1.54) is 0 Å². The summed E-state index contributed by atoms with van der Waals surface area (Å²) in [5, 5.41) is 11.3. The van der Waals surface area contributed by atoms with Crippen LogP contribution in [0, 0.1) is 23.0 Å². The maximum Gasteiger partial charge on any atom is 0.254 e. The average Bonchev–Trinajstić information content (AvgIpc) is 2.48. The molecule has 21 heavy (non-hydrogen) atoms. The number of amides is 1. The van der Waals surface area contributed by atoms with Gasteiger partial charge in [0.05, 0.1) is 22.9 Å². The number of nitriles is 1. The molecule has 0 aliphatic rings. The van der Waals surface area contributed by atoms with Crippen molar-refractivity contribution in [3.05, 3.63) is 64.7 Å². The Morgan fingerprint density at radius 1 is 1.24 bits per heavy atom. The number of nitrogens with two attached hydrogens (primary N) is 1. The molecule has 2 aromatic rings. The number of hydrogen-bond acceptors (Lipinski definition) is 3. The molecule has 0 aliphatic carbocycles. The number of nitrogens with zero attached hydrogens (tertiary/aromatic N) is 1. The molecule has 0 saturated carbocycles. The van der Waals surface area contributed by atoms with Crippen LogP contribution in [0.3, 0.4) is 0 Å². The number of hydrogen-bond donors (Lipinski definition) is 2. The number of carbonyl (C=O) groups is 1. The van der Waals surface area contributed by atoms with Crippen molar-refractivity contribution in [1.82, 2.24) is 5.32 Å². The lowest BCUT2D eigenvalue weighted by Gasteiger charge is -2.08. The summed E-state index contributed by atoms with van der Waals surface area (Å²) in [6.07, 6.45) is 0. The molecule has 0 radical (unpaired) electrons. The first-order chi connectivity index (χ1) is 10.0. The van der Waals surface area contributed by atoms with E-state index in [2.05, 4.69) is 5.32 Å². The van der Waals surface area contributed by atoms with Crippen LogP contribution in [0.4, 0.5) is 14.5 Å². The zero-order valence-corrected chi connectivity index (χ0v) is 10.9. The van der Waals surface area contributed by atoms with Gasteiger partial charge in [-0.2, -0.15) is 5.26 Å². The van der Waals surface area contributed by atoms with Gasteiger partial charge in [-0.3, -0.25) is 4.79 Å². The van der Waals surface area contributed by atoms with Gasteiger partial charge in [-0.1, -0.05) is 12.1 Å². The minimum Gasteiger partial charge on any atom is -0.396 e. The van der Waals surface area contributed by atoms with Crippen molar-refractivity contribution in [2.75, 3.05) is 5.73 Å². The Labute approximate surface area is 119 Å². The lowest BCUT2D eigenvalue weighted by molar-refractivity contribution is 0.0947. The maximum atomic E-state index is 13.5. The summed E-state index contributed by atoms with van der Waals surface area (Å²) in [5.74, 6) is -2.60. The van der Waals surface area contributed by atoms with Crippen molar-refractivity contribution < 1.29 is 13.6 Å². The van der Waals surface area contributed by atoms with Gasteiger partial charge in [0.2, 0.25) is 0 Å². The third kappa shape index (κ3) is 3.34. The highest BCUT2D eigenvalue weighted by Gasteiger charge is 2.14. The van der Waals surface area contributed by atoms with Crippen molar-refractivity contribution in [1.29, 1.82) is 5.26 Å². The summed E-state index contributed by atoms with van der Waals surface area (Å²) in [6.45, 7) is 0.116. The monoisotopic (exact) mass is 287 g/mol. The molecule has 0 spiro atoms. The minimum absolute atomic E-state index is 0.116. The predicted octanol–water partition coefficient (Wildman–Crippen LogP) is 2.35. The standard InChI is InChI=1S/C15H11F2N3O/c16-12-6-13(17)14(19)5-11(12)15(21)20-8-10-3-1-2-9(4-10)7-18/h1-6H,8,19H2,(H,20,21). The Morgan fingerprint density at radius 2 is 2.00 bits per heavy atom. The van der Waals surface area contributed by atoms with Crippen molar-refractivity contribution in [2.24, 2.45) is 0 Å². The second-order valence-corrected chi connectivity index (χ2v) is 4.35. The number of benzene rings is 2. The quantitative estimate of drug-likeness (QED) is 0.850. The highest BCUT2D eigenvalue weighted by atomic mass is 19.1. The molecular formula is C15H11F2N3O. The smallest absolute Gasteiger partial charge is 0.254 e. The first kappa shape index (κ1) is 14.5. The van der Waals surface area contributed by atoms with Crippen molar-refractivity contribution in [3.8, 4) is 6.07 Å². The fourth-order valence-electron chi connectivity index (χ4n) is 1.77. The van der Waals surface area contributed by atoms with Crippen LogP contribution >= 0.6 is 0 Å². The molecule has 4 nitrogen and oxygen atoms in total. The van der Waals surface area contributed by atoms with Crippen LogP contribution in [0.5, 0.6) is 0 Å².